The molecule has 1 aromatic rings. The number of carboxylic acid groups (broad SMARTS) is 1. The Labute approximate surface area is 122 Å². The number of thiophene rings is 1. The summed E-state index contributed by atoms with van der Waals surface area (Å²) in [5.74, 6) is -1.09. The van der Waals surface area contributed by atoms with E-state index < -0.39 is 16.0 Å². The minimum atomic E-state index is -3.55. The van der Waals surface area contributed by atoms with Gasteiger partial charge in [0.05, 0.1) is 0 Å². The van der Waals surface area contributed by atoms with Crippen molar-refractivity contribution in [1.82, 2.24) is 9.21 Å². The molecule has 1 saturated heterocycles. The van der Waals surface area contributed by atoms with Crippen molar-refractivity contribution in [1.29, 1.82) is 0 Å². The summed E-state index contributed by atoms with van der Waals surface area (Å²) in [5, 5.41) is 8.86. The lowest BCUT2D eigenvalue weighted by Gasteiger charge is -2.33. The number of aromatic carboxylic acids is 1. The highest BCUT2D eigenvalue weighted by atomic mass is 32.2. The third-order valence-corrected chi connectivity index (χ3v) is 6.70. The Bertz CT molecular complexity index is 574. The average molecular weight is 318 g/mol. The first-order chi connectivity index (χ1) is 9.45. The van der Waals surface area contributed by atoms with Crippen LogP contribution in [0.1, 0.15) is 23.0 Å². The summed E-state index contributed by atoms with van der Waals surface area (Å²) in [6.45, 7) is 5.46. The smallest absolute Gasteiger partial charge is 0.345 e. The molecule has 112 valence electrons. The minimum Gasteiger partial charge on any atom is -0.477 e. The van der Waals surface area contributed by atoms with Crippen molar-refractivity contribution in [3.05, 3.63) is 17.0 Å². The molecule has 1 N–H and O–H groups in total. The van der Waals surface area contributed by atoms with Gasteiger partial charge in [0.1, 0.15) is 9.09 Å². The molecule has 6 nitrogen and oxygen atoms in total. The molecule has 2 rings (SSSR count). The Morgan fingerprint density at radius 2 is 1.95 bits per heavy atom. The molecule has 0 unspecified atom stereocenters. The summed E-state index contributed by atoms with van der Waals surface area (Å²) in [5.41, 5.74) is 0. The summed E-state index contributed by atoms with van der Waals surface area (Å²) < 4.78 is 26.4. The van der Waals surface area contributed by atoms with E-state index in [9.17, 15) is 13.2 Å². The molecule has 1 aromatic heterocycles. The SMILES string of the molecule is CCCN1CCN(S(=O)(=O)c2ccc(C(=O)O)s2)CC1. The number of sulfonamides is 1. The van der Waals surface area contributed by atoms with Gasteiger partial charge in [0, 0.05) is 26.2 Å². The van der Waals surface area contributed by atoms with Crippen LogP contribution in [0, 0.1) is 0 Å². The predicted octanol–water partition coefficient (Wildman–Crippen LogP) is 1.16. The topological polar surface area (TPSA) is 77.9 Å². The fourth-order valence-corrected chi connectivity index (χ4v) is 4.93. The fraction of sp³-hybridized carbons (Fsp3) is 0.583. The summed E-state index contributed by atoms with van der Waals surface area (Å²) in [6.07, 6.45) is 1.06. The van der Waals surface area contributed by atoms with Crippen LogP contribution in [-0.2, 0) is 10.0 Å². The first-order valence-corrected chi connectivity index (χ1v) is 8.76. The maximum absolute atomic E-state index is 12.4. The van der Waals surface area contributed by atoms with E-state index in [4.69, 9.17) is 5.11 Å². The van der Waals surface area contributed by atoms with E-state index in [-0.39, 0.29) is 9.09 Å². The lowest BCUT2D eigenvalue weighted by atomic mass is 10.3. The zero-order chi connectivity index (χ0) is 14.8. The Kier molecular flexibility index (Phi) is 4.79. The molecular weight excluding hydrogens is 300 g/mol. The zero-order valence-corrected chi connectivity index (χ0v) is 12.9. The molecule has 0 radical (unpaired) electrons. The van der Waals surface area contributed by atoms with Gasteiger partial charge in [-0.1, -0.05) is 6.92 Å². The molecule has 0 aliphatic carbocycles. The lowest BCUT2D eigenvalue weighted by molar-refractivity contribution is 0.0702. The van der Waals surface area contributed by atoms with Crippen LogP contribution >= 0.6 is 11.3 Å². The van der Waals surface area contributed by atoms with Crippen molar-refractivity contribution in [2.45, 2.75) is 17.6 Å². The second-order valence-corrected chi connectivity index (χ2v) is 7.92. The van der Waals surface area contributed by atoms with E-state index in [1.54, 1.807) is 0 Å². The van der Waals surface area contributed by atoms with Gasteiger partial charge in [-0.05, 0) is 25.1 Å². The van der Waals surface area contributed by atoms with E-state index >= 15 is 0 Å². The van der Waals surface area contributed by atoms with Crippen molar-refractivity contribution >= 4 is 27.3 Å². The Morgan fingerprint density at radius 1 is 1.30 bits per heavy atom. The first-order valence-electron chi connectivity index (χ1n) is 6.50. The van der Waals surface area contributed by atoms with Crippen molar-refractivity contribution in [2.75, 3.05) is 32.7 Å². The summed E-state index contributed by atoms with van der Waals surface area (Å²) >= 11 is 0.810. The Balaban J connectivity index is 2.09. The van der Waals surface area contributed by atoms with E-state index in [0.717, 1.165) is 37.4 Å². The van der Waals surface area contributed by atoms with Crippen molar-refractivity contribution < 1.29 is 18.3 Å². The van der Waals surface area contributed by atoms with Crippen LogP contribution in [0.4, 0.5) is 0 Å². The van der Waals surface area contributed by atoms with Crippen LogP contribution < -0.4 is 0 Å². The normalized spacial score (nSPS) is 18.2. The highest BCUT2D eigenvalue weighted by molar-refractivity contribution is 7.91. The largest absolute Gasteiger partial charge is 0.477 e. The molecular formula is C12H18N2O4S2. The molecule has 2 heterocycles. The van der Waals surface area contributed by atoms with E-state index in [0.29, 0.717) is 13.1 Å². The number of hydrogen-bond donors (Lipinski definition) is 1. The molecule has 0 bridgehead atoms. The van der Waals surface area contributed by atoms with Gasteiger partial charge in [-0.2, -0.15) is 4.31 Å². The Hall–Kier alpha value is -0.960. The standard InChI is InChI=1S/C12H18N2O4S2/c1-2-5-13-6-8-14(9-7-13)20(17,18)11-4-3-10(19-11)12(15)16/h3-4H,2,5-9H2,1H3,(H,15,16). The predicted molar refractivity (Wildman–Crippen MR) is 76.8 cm³/mol. The van der Waals surface area contributed by atoms with Gasteiger partial charge in [-0.25, -0.2) is 13.2 Å². The van der Waals surface area contributed by atoms with Crippen LogP contribution in [0.2, 0.25) is 0 Å². The van der Waals surface area contributed by atoms with Crippen molar-refractivity contribution in [3.8, 4) is 0 Å². The molecule has 0 aromatic carbocycles. The van der Waals surface area contributed by atoms with Crippen LogP contribution in [0.25, 0.3) is 0 Å². The quantitative estimate of drug-likeness (QED) is 0.881. The van der Waals surface area contributed by atoms with Gasteiger partial charge in [-0.3, -0.25) is 0 Å². The Morgan fingerprint density at radius 3 is 2.45 bits per heavy atom. The molecule has 8 heteroatoms. The maximum Gasteiger partial charge on any atom is 0.345 e. The molecule has 1 fully saturated rings. The number of hydrogen-bond acceptors (Lipinski definition) is 5. The summed E-state index contributed by atoms with van der Waals surface area (Å²) in [4.78, 5) is 13.1. The number of carboxylic acids is 1. The molecule has 0 saturated carbocycles. The molecule has 0 spiro atoms. The van der Waals surface area contributed by atoms with E-state index in [2.05, 4.69) is 11.8 Å². The van der Waals surface area contributed by atoms with E-state index in [1.807, 2.05) is 0 Å². The monoisotopic (exact) mass is 318 g/mol. The molecule has 1 aliphatic rings. The van der Waals surface area contributed by atoms with Gasteiger partial charge < -0.3 is 10.0 Å². The van der Waals surface area contributed by atoms with Gasteiger partial charge in [0.25, 0.3) is 10.0 Å². The molecule has 0 amide bonds. The van der Waals surface area contributed by atoms with Crippen LogP contribution in [-0.4, -0.2) is 61.4 Å². The fourth-order valence-electron chi connectivity index (χ4n) is 2.21. The number of carbonyl (C=O) groups is 1. The number of nitrogens with zero attached hydrogens (tertiary/aromatic N) is 2. The summed E-state index contributed by atoms with van der Waals surface area (Å²) in [6, 6.07) is 2.72. The van der Waals surface area contributed by atoms with Gasteiger partial charge in [0.2, 0.25) is 0 Å². The second kappa shape index (κ2) is 6.21. The molecule has 1 aliphatic heterocycles. The third kappa shape index (κ3) is 3.20. The van der Waals surface area contributed by atoms with Gasteiger partial charge in [-0.15, -0.1) is 11.3 Å². The van der Waals surface area contributed by atoms with Crippen LogP contribution in [0.3, 0.4) is 0 Å². The second-order valence-electron chi connectivity index (χ2n) is 4.67. The highest BCUT2D eigenvalue weighted by Crippen LogP contribution is 2.25. The molecule has 20 heavy (non-hydrogen) atoms. The maximum atomic E-state index is 12.4. The number of rotatable bonds is 5. The van der Waals surface area contributed by atoms with Gasteiger partial charge in [0.15, 0.2) is 0 Å². The third-order valence-electron chi connectivity index (χ3n) is 3.26. The summed E-state index contributed by atoms with van der Waals surface area (Å²) in [7, 11) is -3.55. The van der Waals surface area contributed by atoms with Gasteiger partial charge >= 0.3 is 5.97 Å². The molecule has 0 atom stereocenters. The average Bonchev–Trinajstić information content (AvgIpc) is 2.90. The van der Waals surface area contributed by atoms with E-state index in [1.165, 1.54) is 16.4 Å². The lowest BCUT2D eigenvalue weighted by Crippen LogP contribution is -2.48. The van der Waals surface area contributed by atoms with Crippen molar-refractivity contribution in [3.63, 3.8) is 0 Å². The number of piperazine rings is 1. The highest BCUT2D eigenvalue weighted by Gasteiger charge is 2.29. The zero-order valence-electron chi connectivity index (χ0n) is 11.3. The first kappa shape index (κ1) is 15.4. The minimum absolute atomic E-state index is 0.0493. The van der Waals surface area contributed by atoms with Crippen LogP contribution in [0.15, 0.2) is 16.3 Å². The van der Waals surface area contributed by atoms with Crippen LogP contribution in [0.5, 0.6) is 0 Å². The van der Waals surface area contributed by atoms with Crippen molar-refractivity contribution in [2.24, 2.45) is 0 Å².